The Morgan fingerprint density at radius 1 is 0.857 bits per heavy atom. The van der Waals surface area contributed by atoms with E-state index in [0.29, 0.717) is 16.7 Å². The third kappa shape index (κ3) is 8.45. The molecule has 1 aliphatic rings. The summed E-state index contributed by atoms with van der Waals surface area (Å²) in [6.45, 7) is 18.6. The fourth-order valence-corrected chi connectivity index (χ4v) is 2.92. The lowest BCUT2D eigenvalue weighted by molar-refractivity contribution is -0.133. The van der Waals surface area contributed by atoms with E-state index in [0.717, 1.165) is 45.6 Å². The number of unbranched alkanes of at least 4 members (excludes halogenated alkanes) is 1. The molecule has 0 N–H and O–H groups in total. The summed E-state index contributed by atoms with van der Waals surface area (Å²) < 4.78 is 0. The molecule has 0 spiro atoms. The first-order valence-corrected chi connectivity index (χ1v) is 8.57. The molecule has 1 saturated heterocycles. The molecule has 1 heterocycles. The molecule has 0 unspecified atom stereocenters. The van der Waals surface area contributed by atoms with Crippen molar-refractivity contribution in [1.82, 2.24) is 9.80 Å². The van der Waals surface area contributed by atoms with Crippen molar-refractivity contribution in [3.63, 3.8) is 0 Å². The quantitative estimate of drug-likeness (QED) is 0.721. The fraction of sp³-hybridized carbons (Fsp3) is 0.944. The van der Waals surface area contributed by atoms with Gasteiger partial charge >= 0.3 is 0 Å². The second-order valence-corrected chi connectivity index (χ2v) is 8.99. The molecule has 124 valence electrons. The van der Waals surface area contributed by atoms with Gasteiger partial charge < -0.3 is 4.90 Å². The van der Waals surface area contributed by atoms with E-state index < -0.39 is 0 Å². The lowest BCUT2D eigenvalue weighted by atomic mass is 9.89. The zero-order valence-electron chi connectivity index (χ0n) is 15.2. The Hall–Kier alpha value is -0.570. The molecule has 0 aromatic rings. The van der Waals surface area contributed by atoms with Crippen LogP contribution in [0.2, 0.25) is 0 Å². The molecule has 0 bridgehead atoms. The number of piperazine rings is 1. The van der Waals surface area contributed by atoms with Gasteiger partial charge in [0, 0.05) is 39.1 Å². The van der Waals surface area contributed by atoms with Crippen LogP contribution in [-0.4, -0.2) is 48.4 Å². The van der Waals surface area contributed by atoms with E-state index in [2.05, 4.69) is 51.3 Å². The lowest BCUT2D eigenvalue weighted by Crippen LogP contribution is -2.50. The second-order valence-electron chi connectivity index (χ2n) is 8.99. The molecule has 21 heavy (non-hydrogen) atoms. The summed E-state index contributed by atoms with van der Waals surface area (Å²) in [5, 5.41) is 0. The minimum absolute atomic E-state index is 0.346. The van der Waals surface area contributed by atoms with Crippen molar-refractivity contribution in [3.05, 3.63) is 0 Å². The van der Waals surface area contributed by atoms with Gasteiger partial charge in [0.05, 0.1) is 0 Å². The van der Waals surface area contributed by atoms with Crippen LogP contribution >= 0.6 is 0 Å². The van der Waals surface area contributed by atoms with Gasteiger partial charge in [0.15, 0.2) is 0 Å². The van der Waals surface area contributed by atoms with Gasteiger partial charge in [-0.1, -0.05) is 48.0 Å². The van der Waals surface area contributed by atoms with E-state index >= 15 is 0 Å². The fourth-order valence-electron chi connectivity index (χ4n) is 2.92. The van der Waals surface area contributed by atoms with Gasteiger partial charge in [0.25, 0.3) is 0 Å². The van der Waals surface area contributed by atoms with Crippen LogP contribution in [-0.2, 0) is 4.79 Å². The van der Waals surface area contributed by atoms with Crippen LogP contribution in [0, 0.1) is 10.8 Å². The van der Waals surface area contributed by atoms with Crippen LogP contribution in [0.1, 0.15) is 67.2 Å². The van der Waals surface area contributed by atoms with E-state index in [9.17, 15) is 4.79 Å². The number of hydrogen-bond donors (Lipinski definition) is 0. The van der Waals surface area contributed by atoms with Gasteiger partial charge in [0.1, 0.15) is 0 Å². The highest BCUT2D eigenvalue weighted by atomic mass is 16.2. The number of amides is 1. The minimum Gasteiger partial charge on any atom is -0.340 e. The highest BCUT2D eigenvalue weighted by Gasteiger charge is 2.23. The zero-order chi connectivity index (χ0) is 16.1. The molecule has 0 aromatic carbocycles. The van der Waals surface area contributed by atoms with E-state index in [-0.39, 0.29) is 0 Å². The molecule has 0 aromatic heterocycles. The Bertz CT molecular complexity index is 317. The normalized spacial score (nSPS) is 18.1. The van der Waals surface area contributed by atoms with E-state index in [1.807, 2.05) is 0 Å². The van der Waals surface area contributed by atoms with Crippen molar-refractivity contribution >= 4 is 5.91 Å². The number of hydrogen-bond acceptors (Lipinski definition) is 2. The van der Waals surface area contributed by atoms with Gasteiger partial charge in [-0.15, -0.1) is 0 Å². The molecule has 3 nitrogen and oxygen atoms in total. The Kier molecular flexibility index (Phi) is 6.71. The molecule has 1 amide bonds. The summed E-state index contributed by atoms with van der Waals surface area (Å²) in [5.74, 6) is 0.360. The van der Waals surface area contributed by atoms with E-state index in [1.54, 1.807) is 0 Å². The van der Waals surface area contributed by atoms with Crippen LogP contribution in [0.5, 0.6) is 0 Å². The summed E-state index contributed by atoms with van der Waals surface area (Å²) >= 11 is 0. The number of nitrogens with zero attached hydrogens (tertiary/aromatic N) is 2. The standard InChI is InChI=1S/C18H36N2O/c1-17(2,3)10-8-7-9-16(21)20-13-11-19(12-14-20)15-18(4,5)6/h7-15H2,1-6H3. The summed E-state index contributed by atoms with van der Waals surface area (Å²) in [4.78, 5) is 16.8. The van der Waals surface area contributed by atoms with Crippen molar-refractivity contribution in [1.29, 1.82) is 0 Å². The van der Waals surface area contributed by atoms with Crippen LogP contribution in [0.3, 0.4) is 0 Å². The second kappa shape index (κ2) is 7.62. The third-order valence-corrected chi connectivity index (χ3v) is 3.99. The molecule has 0 aliphatic carbocycles. The van der Waals surface area contributed by atoms with Crippen molar-refractivity contribution in [3.8, 4) is 0 Å². The summed E-state index contributed by atoms with van der Waals surface area (Å²) in [6, 6.07) is 0. The summed E-state index contributed by atoms with van der Waals surface area (Å²) in [7, 11) is 0. The SMILES string of the molecule is CC(C)(C)CCCCC(=O)N1CCN(CC(C)(C)C)CC1. The predicted molar refractivity (Wildman–Crippen MR) is 90.4 cm³/mol. The van der Waals surface area contributed by atoms with Crippen molar-refractivity contribution in [2.75, 3.05) is 32.7 Å². The van der Waals surface area contributed by atoms with Gasteiger partial charge in [0.2, 0.25) is 5.91 Å². The van der Waals surface area contributed by atoms with Gasteiger partial charge in [-0.2, -0.15) is 0 Å². The highest BCUT2D eigenvalue weighted by molar-refractivity contribution is 5.76. The summed E-state index contributed by atoms with van der Waals surface area (Å²) in [6.07, 6.45) is 4.15. The molecular weight excluding hydrogens is 260 g/mol. The molecule has 0 saturated carbocycles. The maximum absolute atomic E-state index is 12.2. The number of rotatable bonds is 5. The highest BCUT2D eigenvalue weighted by Crippen LogP contribution is 2.22. The third-order valence-electron chi connectivity index (χ3n) is 3.99. The average molecular weight is 296 g/mol. The minimum atomic E-state index is 0.346. The molecular formula is C18H36N2O. The first-order chi connectivity index (χ1) is 9.57. The van der Waals surface area contributed by atoms with Crippen LogP contribution < -0.4 is 0 Å². The Balaban J connectivity index is 2.20. The van der Waals surface area contributed by atoms with Crippen LogP contribution in [0.15, 0.2) is 0 Å². The Morgan fingerprint density at radius 2 is 1.43 bits per heavy atom. The monoisotopic (exact) mass is 296 g/mol. The first kappa shape index (κ1) is 18.5. The van der Waals surface area contributed by atoms with Crippen molar-refractivity contribution < 1.29 is 4.79 Å². The van der Waals surface area contributed by atoms with Crippen LogP contribution in [0.4, 0.5) is 0 Å². The van der Waals surface area contributed by atoms with E-state index in [1.165, 1.54) is 12.8 Å². The largest absolute Gasteiger partial charge is 0.340 e. The van der Waals surface area contributed by atoms with Gasteiger partial charge in [-0.25, -0.2) is 0 Å². The maximum Gasteiger partial charge on any atom is 0.222 e. The van der Waals surface area contributed by atoms with Gasteiger partial charge in [-0.05, 0) is 23.7 Å². The molecule has 1 rings (SSSR count). The molecule has 1 fully saturated rings. The number of carbonyl (C=O) groups is 1. The molecule has 3 heteroatoms. The smallest absolute Gasteiger partial charge is 0.222 e. The van der Waals surface area contributed by atoms with E-state index in [4.69, 9.17) is 0 Å². The Morgan fingerprint density at radius 3 is 1.90 bits per heavy atom. The summed E-state index contributed by atoms with van der Waals surface area (Å²) in [5.41, 5.74) is 0.737. The maximum atomic E-state index is 12.2. The lowest BCUT2D eigenvalue weighted by Gasteiger charge is -2.37. The van der Waals surface area contributed by atoms with Crippen molar-refractivity contribution in [2.24, 2.45) is 10.8 Å². The van der Waals surface area contributed by atoms with Crippen LogP contribution in [0.25, 0.3) is 0 Å². The topological polar surface area (TPSA) is 23.6 Å². The first-order valence-electron chi connectivity index (χ1n) is 8.57. The van der Waals surface area contributed by atoms with Crippen molar-refractivity contribution in [2.45, 2.75) is 67.2 Å². The number of carbonyl (C=O) groups excluding carboxylic acids is 1. The molecule has 1 aliphatic heterocycles. The Labute approximate surface area is 132 Å². The average Bonchev–Trinajstić information content (AvgIpc) is 2.32. The zero-order valence-corrected chi connectivity index (χ0v) is 15.2. The molecule has 0 radical (unpaired) electrons. The predicted octanol–water partition coefficient (Wildman–Crippen LogP) is 3.78. The molecule has 0 atom stereocenters. The van der Waals surface area contributed by atoms with Gasteiger partial charge in [-0.3, -0.25) is 9.69 Å².